The van der Waals surface area contributed by atoms with Gasteiger partial charge in [-0.1, -0.05) is 12.5 Å². The molecular weight excluding hydrogens is 312 g/mol. The van der Waals surface area contributed by atoms with E-state index in [2.05, 4.69) is 0 Å². The summed E-state index contributed by atoms with van der Waals surface area (Å²) in [6, 6.07) is 5.28. The Hall–Kier alpha value is -1.40. The number of nitrogens with zero attached hydrogens (tertiary/aromatic N) is 2. The Morgan fingerprint density at radius 3 is 2.65 bits per heavy atom. The first-order valence-corrected chi connectivity index (χ1v) is 9.78. The summed E-state index contributed by atoms with van der Waals surface area (Å²) in [6.07, 6.45) is 4.70. The summed E-state index contributed by atoms with van der Waals surface area (Å²) in [6.45, 7) is 4.74. The fourth-order valence-electron chi connectivity index (χ4n) is 3.61. The van der Waals surface area contributed by atoms with Gasteiger partial charge in [0.15, 0.2) is 0 Å². The molecule has 0 bridgehead atoms. The first-order valence-electron chi connectivity index (χ1n) is 8.34. The number of amides is 1. The van der Waals surface area contributed by atoms with E-state index in [9.17, 15) is 13.2 Å². The molecule has 0 aliphatic carbocycles. The predicted molar refractivity (Wildman–Crippen MR) is 90.0 cm³/mol. The van der Waals surface area contributed by atoms with Crippen LogP contribution in [0.1, 0.15) is 45.1 Å². The van der Waals surface area contributed by atoms with E-state index in [-0.39, 0.29) is 11.9 Å². The lowest BCUT2D eigenvalue weighted by molar-refractivity contribution is -0.116. The topological polar surface area (TPSA) is 57.7 Å². The Morgan fingerprint density at radius 1 is 1.17 bits per heavy atom. The largest absolute Gasteiger partial charge is 0.312 e. The summed E-state index contributed by atoms with van der Waals surface area (Å²) < 4.78 is 27.6. The van der Waals surface area contributed by atoms with Crippen LogP contribution in [0.3, 0.4) is 0 Å². The molecule has 5 nitrogen and oxygen atoms in total. The van der Waals surface area contributed by atoms with Crippen LogP contribution in [-0.4, -0.2) is 37.8 Å². The van der Waals surface area contributed by atoms with Crippen molar-refractivity contribution in [3.05, 3.63) is 23.8 Å². The Morgan fingerprint density at radius 2 is 1.96 bits per heavy atom. The number of carbonyl (C=O) groups is 1. The molecule has 126 valence electrons. The van der Waals surface area contributed by atoms with Crippen LogP contribution in [0.15, 0.2) is 23.1 Å². The molecule has 23 heavy (non-hydrogen) atoms. The van der Waals surface area contributed by atoms with Crippen LogP contribution >= 0.6 is 0 Å². The molecule has 2 heterocycles. The molecule has 1 amide bonds. The van der Waals surface area contributed by atoms with Crippen LogP contribution in [0, 0.1) is 0 Å². The van der Waals surface area contributed by atoms with Gasteiger partial charge >= 0.3 is 0 Å². The molecule has 0 radical (unpaired) electrons. The number of aryl methyl sites for hydroxylation is 1. The van der Waals surface area contributed by atoms with Gasteiger partial charge in [0.05, 0.1) is 4.90 Å². The normalized spacial score (nSPS) is 22.7. The third kappa shape index (κ3) is 3.02. The first kappa shape index (κ1) is 16.5. The fraction of sp³-hybridized carbons (Fsp3) is 0.588. The first-order chi connectivity index (χ1) is 10.9. The Balaban J connectivity index is 2.00. The maximum absolute atomic E-state index is 13.0. The molecule has 1 aromatic carbocycles. The van der Waals surface area contributed by atoms with Crippen molar-refractivity contribution in [2.45, 2.75) is 56.9 Å². The van der Waals surface area contributed by atoms with Gasteiger partial charge in [0.1, 0.15) is 0 Å². The zero-order valence-corrected chi connectivity index (χ0v) is 14.6. The lowest BCUT2D eigenvalue weighted by atomic mass is 10.0. The highest BCUT2D eigenvalue weighted by Crippen LogP contribution is 2.32. The molecule has 0 spiro atoms. The van der Waals surface area contributed by atoms with Crippen molar-refractivity contribution in [3.63, 3.8) is 0 Å². The lowest BCUT2D eigenvalue weighted by Gasteiger charge is -2.33. The van der Waals surface area contributed by atoms with Gasteiger partial charge in [0.2, 0.25) is 15.9 Å². The zero-order valence-electron chi connectivity index (χ0n) is 13.8. The van der Waals surface area contributed by atoms with Gasteiger partial charge < -0.3 is 4.90 Å². The van der Waals surface area contributed by atoms with E-state index in [0.29, 0.717) is 18.0 Å². The third-order valence-electron chi connectivity index (χ3n) is 4.90. The van der Waals surface area contributed by atoms with Crippen LogP contribution in [0.2, 0.25) is 0 Å². The average Bonchev–Trinajstić information content (AvgIpc) is 2.53. The smallest absolute Gasteiger partial charge is 0.243 e. The van der Waals surface area contributed by atoms with Crippen molar-refractivity contribution < 1.29 is 13.2 Å². The summed E-state index contributed by atoms with van der Waals surface area (Å²) in [5.41, 5.74) is 1.81. The van der Waals surface area contributed by atoms with Crippen LogP contribution in [0.25, 0.3) is 0 Å². The van der Waals surface area contributed by atoms with E-state index in [4.69, 9.17) is 0 Å². The second-order valence-corrected chi connectivity index (χ2v) is 8.42. The van der Waals surface area contributed by atoms with Gasteiger partial charge in [-0.25, -0.2) is 8.42 Å². The van der Waals surface area contributed by atoms with E-state index in [0.717, 1.165) is 43.4 Å². The third-order valence-corrected chi connectivity index (χ3v) is 6.91. The van der Waals surface area contributed by atoms with Gasteiger partial charge in [-0.3, -0.25) is 4.79 Å². The number of piperidine rings is 1. The number of carbonyl (C=O) groups excluding carboxylic acids is 1. The number of fused-ring (bicyclic) bond motifs is 1. The number of hydrogen-bond acceptors (Lipinski definition) is 3. The molecule has 2 aliphatic rings. The molecule has 0 N–H and O–H groups in total. The second-order valence-electron chi connectivity index (χ2n) is 6.53. The van der Waals surface area contributed by atoms with Crippen molar-refractivity contribution >= 4 is 21.6 Å². The number of anilines is 1. The SMILES string of the molecule is CC(=O)N1CCCc2ccc(S(=O)(=O)N3CCCC[C@@H]3C)cc21. The van der Waals surface area contributed by atoms with Crippen molar-refractivity contribution in [3.8, 4) is 0 Å². The number of hydrogen-bond donors (Lipinski definition) is 0. The van der Waals surface area contributed by atoms with Crippen LogP contribution in [0.4, 0.5) is 5.69 Å². The van der Waals surface area contributed by atoms with Gasteiger partial charge in [-0.2, -0.15) is 4.31 Å². The van der Waals surface area contributed by atoms with Crippen LogP contribution in [-0.2, 0) is 21.2 Å². The molecule has 1 atom stereocenters. The molecule has 0 aromatic heterocycles. The van der Waals surface area contributed by atoms with E-state index < -0.39 is 10.0 Å². The molecule has 3 rings (SSSR count). The monoisotopic (exact) mass is 336 g/mol. The lowest BCUT2D eigenvalue weighted by Crippen LogP contribution is -2.42. The molecule has 6 heteroatoms. The van der Waals surface area contributed by atoms with Crippen molar-refractivity contribution in [1.29, 1.82) is 0 Å². The fourth-order valence-corrected chi connectivity index (χ4v) is 5.33. The Labute approximate surface area is 138 Å². The standard InChI is InChI=1S/C17H24N2O3S/c1-13-6-3-4-11-19(13)23(21,22)16-9-8-15-7-5-10-18(14(2)20)17(15)12-16/h8-9,12-13H,3-7,10-11H2,1-2H3/t13-/m0/s1. The predicted octanol–water partition coefficient (Wildman–Crippen LogP) is 2.55. The minimum atomic E-state index is -3.50. The maximum Gasteiger partial charge on any atom is 0.243 e. The van der Waals surface area contributed by atoms with Gasteiger partial charge in [-0.15, -0.1) is 0 Å². The second kappa shape index (κ2) is 6.24. The Kier molecular flexibility index (Phi) is 4.47. The number of rotatable bonds is 2. The average molecular weight is 336 g/mol. The van der Waals surface area contributed by atoms with E-state index in [1.54, 1.807) is 21.3 Å². The van der Waals surface area contributed by atoms with Gasteiger partial charge in [0, 0.05) is 31.7 Å². The quantitative estimate of drug-likeness (QED) is 0.834. The molecule has 0 unspecified atom stereocenters. The number of sulfonamides is 1. The minimum Gasteiger partial charge on any atom is -0.312 e. The van der Waals surface area contributed by atoms with E-state index in [1.807, 2.05) is 13.0 Å². The summed E-state index contributed by atoms with van der Waals surface area (Å²) in [4.78, 5) is 13.8. The highest BCUT2D eigenvalue weighted by atomic mass is 32.2. The highest BCUT2D eigenvalue weighted by molar-refractivity contribution is 7.89. The molecule has 1 saturated heterocycles. The Bertz CT molecular complexity index is 715. The molecular formula is C17H24N2O3S. The van der Waals surface area contributed by atoms with Crippen molar-refractivity contribution in [2.24, 2.45) is 0 Å². The molecule has 2 aliphatic heterocycles. The highest BCUT2D eigenvalue weighted by Gasteiger charge is 2.32. The van der Waals surface area contributed by atoms with Crippen LogP contribution < -0.4 is 4.90 Å². The van der Waals surface area contributed by atoms with Gasteiger partial charge in [-0.05, 0) is 50.3 Å². The van der Waals surface area contributed by atoms with Crippen molar-refractivity contribution in [2.75, 3.05) is 18.0 Å². The molecule has 0 saturated carbocycles. The summed E-state index contributed by atoms with van der Waals surface area (Å²) in [5.74, 6) is -0.0353. The summed E-state index contributed by atoms with van der Waals surface area (Å²) >= 11 is 0. The van der Waals surface area contributed by atoms with E-state index in [1.165, 1.54) is 6.92 Å². The summed E-state index contributed by atoms with van der Waals surface area (Å²) in [5, 5.41) is 0. The molecule has 1 aromatic rings. The zero-order chi connectivity index (χ0) is 16.6. The van der Waals surface area contributed by atoms with Crippen LogP contribution in [0.5, 0.6) is 0 Å². The maximum atomic E-state index is 13.0. The number of benzene rings is 1. The molecule has 1 fully saturated rings. The van der Waals surface area contributed by atoms with Crippen molar-refractivity contribution in [1.82, 2.24) is 4.31 Å². The van der Waals surface area contributed by atoms with E-state index >= 15 is 0 Å². The minimum absolute atomic E-state index is 0.0353. The van der Waals surface area contributed by atoms with Gasteiger partial charge in [0.25, 0.3) is 0 Å². The summed E-state index contributed by atoms with van der Waals surface area (Å²) in [7, 11) is -3.50.